The number of para-hydroxylation sites is 1. The van der Waals surface area contributed by atoms with Crippen LogP contribution in [0.2, 0.25) is 0 Å². The number of nitrogens with one attached hydrogen (secondary N) is 1. The van der Waals surface area contributed by atoms with E-state index < -0.39 is 6.04 Å². The van der Waals surface area contributed by atoms with Crippen molar-refractivity contribution in [2.24, 2.45) is 0 Å². The molecule has 4 rings (SSSR count). The molecule has 0 spiro atoms. The van der Waals surface area contributed by atoms with Gasteiger partial charge in [0.25, 0.3) is 0 Å². The molecule has 0 bridgehead atoms. The molecule has 0 aliphatic rings. The van der Waals surface area contributed by atoms with E-state index in [2.05, 4.69) is 15.5 Å². The number of halogens is 1. The van der Waals surface area contributed by atoms with Gasteiger partial charge in [0, 0.05) is 23.2 Å². The predicted molar refractivity (Wildman–Crippen MR) is 108 cm³/mol. The summed E-state index contributed by atoms with van der Waals surface area (Å²) in [4.78, 5) is 0. The molecular weight excluding hydrogens is 369 g/mol. The van der Waals surface area contributed by atoms with E-state index in [1.165, 1.54) is 6.07 Å². The average Bonchev–Trinajstić information content (AvgIpc) is 3.26. The third-order valence-electron chi connectivity index (χ3n) is 4.61. The molecule has 5 nitrogen and oxygen atoms in total. The van der Waals surface area contributed by atoms with E-state index in [1.54, 1.807) is 25.3 Å². The second kappa shape index (κ2) is 8.67. The summed E-state index contributed by atoms with van der Waals surface area (Å²) in [5, 5.41) is 11.7. The van der Waals surface area contributed by atoms with Crippen LogP contribution in [-0.4, -0.2) is 17.3 Å². The highest BCUT2D eigenvalue weighted by Gasteiger charge is 2.24. The molecular formula is C23H20FN3O2. The first-order chi connectivity index (χ1) is 14.3. The van der Waals surface area contributed by atoms with Gasteiger partial charge in [0.1, 0.15) is 17.6 Å². The van der Waals surface area contributed by atoms with Crippen LogP contribution < -0.4 is 10.1 Å². The fourth-order valence-corrected chi connectivity index (χ4v) is 3.15. The van der Waals surface area contributed by atoms with E-state index in [-0.39, 0.29) is 5.82 Å². The molecule has 146 valence electrons. The van der Waals surface area contributed by atoms with Crippen LogP contribution in [0.3, 0.4) is 0 Å². The summed E-state index contributed by atoms with van der Waals surface area (Å²) >= 11 is 0. The van der Waals surface area contributed by atoms with E-state index in [0.29, 0.717) is 23.9 Å². The number of ether oxygens (including phenoxy) is 1. The van der Waals surface area contributed by atoms with Crippen LogP contribution >= 0.6 is 0 Å². The van der Waals surface area contributed by atoms with E-state index in [9.17, 15) is 4.39 Å². The number of benzene rings is 3. The van der Waals surface area contributed by atoms with Crippen molar-refractivity contribution in [1.29, 1.82) is 0 Å². The molecule has 0 saturated heterocycles. The van der Waals surface area contributed by atoms with Gasteiger partial charge in [-0.3, -0.25) is 5.32 Å². The average molecular weight is 389 g/mol. The topological polar surface area (TPSA) is 60.2 Å². The maximum absolute atomic E-state index is 14.6. The lowest BCUT2D eigenvalue weighted by atomic mass is 10.1. The smallest absolute Gasteiger partial charge is 0.247 e. The number of aromatic nitrogens is 2. The lowest BCUT2D eigenvalue weighted by molar-refractivity contribution is 0.399. The molecule has 1 unspecified atom stereocenters. The van der Waals surface area contributed by atoms with Crippen LogP contribution in [0.5, 0.6) is 5.75 Å². The first-order valence-corrected chi connectivity index (χ1v) is 9.25. The fraction of sp³-hybridized carbons (Fsp3) is 0.130. The van der Waals surface area contributed by atoms with Crippen LogP contribution in [0.1, 0.15) is 23.1 Å². The Kier molecular flexibility index (Phi) is 5.63. The zero-order valence-corrected chi connectivity index (χ0v) is 15.9. The molecule has 0 aliphatic heterocycles. The Labute approximate surface area is 168 Å². The molecule has 6 heteroatoms. The van der Waals surface area contributed by atoms with Gasteiger partial charge in [-0.05, 0) is 24.3 Å². The molecule has 0 saturated carbocycles. The third kappa shape index (κ3) is 4.17. The molecule has 0 radical (unpaired) electrons. The summed E-state index contributed by atoms with van der Waals surface area (Å²) in [5.74, 6) is 1.09. The molecule has 3 aromatic carbocycles. The Hall–Kier alpha value is -3.51. The summed E-state index contributed by atoms with van der Waals surface area (Å²) in [7, 11) is 1.62. The van der Waals surface area contributed by atoms with E-state index in [4.69, 9.17) is 9.15 Å². The number of hydrogen-bond acceptors (Lipinski definition) is 5. The van der Waals surface area contributed by atoms with E-state index in [1.807, 2.05) is 54.6 Å². The lowest BCUT2D eigenvalue weighted by Gasteiger charge is -2.17. The third-order valence-corrected chi connectivity index (χ3v) is 4.61. The molecule has 0 amide bonds. The molecule has 1 N–H and O–H groups in total. The van der Waals surface area contributed by atoms with Gasteiger partial charge in [0.2, 0.25) is 11.8 Å². The van der Waals surface area contributed by atoms with Gasteiger partial charge >= 0.3 is 0 Å². The fourth-order valence-electron chi connectivity index (χ4n) is 3.15. The van der Waals surface area contributed by atoms with Gasteiger partial charge in [-0.15, -0.1) is 10.2 Å². The normalized spacial score (nSPS) is 11.9. The van der Waals surface area contributed by atoms with Crippen molar-refractivity contribution < 1.29 is 13.5 Å². The van der Waals surface area contributed by atoms with Crippen molar-refractivity contribution in [1.82, 2.24) is 15.5 Å². The molecule has 4 aromatic rings. The van der Waals surface area contributed by atoms with Crippen molar-refractivity contribution in [2.75, 3.05) is 7.11 Å². The lowest BCUT2D eigenvalue weighted by Crippen LogP contribution is -2.23. The van der Waals surface area contributed by atoms with Crippen molar-refractivity contribution in [3.05, 3.63) is 102 Å². The van der Waals surface area contributed by atoms with Gasteiger partial charge in [0.05, 0.1) is 7.11 Å². The Balaban J connectivity index is 1.66. The Bertz CT molecular complexity index is 1080. The van der Waals surface area contributed by atoms with E-state index >= 15 is 0 Å². The largest absolute Gasteiger partial charge is 0.496 e. The number of rotatable bonds is 7. The number of nitrogens with zero attached hydrogens (tertiary/aromatic N) is 2. The Morgan fingerprint density at radius 1 is 0.931 bits per heavy atom. The number of hydrogen-bond donors (Lipinski definition) is 1. The van der Waals surface area contributed by atoms with Crippen molar-refractivity contribution >= 4 is 0 Å². The van der Waals surface area contributed by atoms with Crippen LogP contribution in [0.25, 0.3) is 11.5 Å². The van der Waals surface area contributed by atoms with Crippen molar-refractivity contribution in [2.45, 2.75) is 12.6 Å². The molecule has 0 aliphatic carbocycles. The SMILES string of the molecule is COc1ccccc1CNC(c1nnc(-c2ccccc2)o1)c1ccccc1F. The zero-order chi connectivity index (χ0) is 20.1. The zero-order valence-electron chi connectivity index (χ0n) is 15.9. The summed E-state index contributed by atoms with van der Waals surface area (Å²) in [6.45, 7) is 0.437. The molecule has 29 heavy (non-hydrogen) atoms. The Morgan fingerprint density at radius 2 is 1.66 bits per heavy atom. The van der Waals surface area contributed by atoms with Crippen molar-refractivity contribution in [3.63, 3.8) is 0 Å². The maximum Gasteiger partial charge on any atom is 0.247 e. The van der Waals surface area contributed by atoms with E-state index in [0.717, 1.165) is 16.9 Å². The maximum atomic E-state index is 14.6. The van der Waals surface area contributed by atoms with Gasteiger partial charge in [-0.2, -0.15) is 0 Å². The first kappa shape index (κ1) is 18.8. The minimum Gasteiger partial charge on any atom is -0.496 e. The standard InChI is InChI=1S/C23H20FN3O2/c1-28-20-14-8-5-11-17(20)15-25-21(18-12-6-7-13-19(18)24)23-27-26-22(29-23)16-9-3-2-4-10-16/h2-14,21,25H,15H2,1H3. The van der Waals surface area contributed by atoms with Crippen LogP contribution in [-0.2, 0) is 6.54 Å². The van der Waals surface area contributed by atoms with Gasteiger partial charge in [0.15, 0.2) is 0 Å². The highest BCUT2D eigenvalue weighted by Crippen LogP contribution is 2.28. The second-order valence-electron chi connectivity index (χ2n) is 6.46. The summed E-state index contributed by atoms with van der Waals surface area (Å²) in [6, 6.07) is 23.1. The van der Waals surface area contributed by atoms with Crippen LogP contribution in [0, 0.1) is 5.82 Å². The number of methoxy groups -OCH3 is 1. The van der Waals surface area contributed by atoms with Crippen molar-refractivity contribution in [3.8, 4) is 17.2 Å². The molecule has 1 aromatic heterocycles. The van der Waals surface area contributed by atoms with Gasteiger partial charge < -0.3 is 9.15 Å². The minimum atomic E-state index is -0.605. The summed E-state index contributed by atoms with van der Waals surface area (Å²) < 4.78 is 25.9. The Morgan fingerprint density at radius 3 is 2.45 bits per heavy atom. The quantitative estimate of drug-likeness (QED) is 0.494. The highest BCUT2D eigenvalue weighted by molar-refractivity contribution is 5.52. The highest BCUT2D eigenvalue weighted by atomic mass is 19.1. The molecule has 0 fully saturated rings. The van der Waals surface area contributed by atoms with Gasteiger partial charge in [-0.1, -0.05) is 54.6 Å². The summed E-state index contributed by atoms with van der Waals surface area (Å²) in [6.07, 6.45) is 0. The van der Waals surface area contributed by atoms with Crippen LogP contribution in [0.15, 0.2) is 83.3 Å². The second-order valence-corrected chi connectivity index (χ2v) is 6.46. The molecule has 1 atom stereocenters. The molecule has 1 heterocycles. The van der Waals surface area contributed by atoms with Crippen LogP contribution in [0.4, 0.5) is 4.39 Å². The van der Waals surface area contributed by atoms with Gasteiger partial charge in [-0.25, -0.2) is 4.39 Å². The first-order valence-electron chi connectivity index (χ1n) is 9.25. The minimum absolute atomic E-state index is 0.295. The predicted octanol–water partition coefficient (Wildman–Crippen LogP) is 4.76. The monoisotopic (exact) mass is 389 g/mol. The summed E-state index contributed by atoms with van der Waals surface area (Å²) in [5.41, 5.74) is 2.19.